The molecule has 2 rings (SSSR count). The fourth-order valence-corrected chi connectivity index (χ4v) is 2.69. The Kier molecular flexibility index (Phi) is 6.35. The van der Waals surface area contributed by atoms with Gasteiger partial charge in [-0.15, -0.1) is 0 Å². The van der Waals surface area contributed by atoms with Crippen LogP contribution in [0, 0.1) is 17.0 Å². The summed E-state index contributed by atoms with van der Waals surface area (Å²) in [6.07, 6.45) is 4.82. The lowest BCUT2D eigenvalue weighted by atomic mass is 10.1. The predicted octanol–water partition coefficient (Wildman–Crippen LogP) is 4.79. The smallest absolute Gasteiger partial charge is 0.338 e. The number of benzene rings is 1. The lowest BCUT2D eigenvalue weighted by molar-refractivity contribution is -0.386. The van der Waals surface area contributed by atoms with Crippen LogP contribution in [0.1, 0.15) is 23.9 Å². The molecule has 0 radical (unpaired) electrons. The first-order chi connectivity index (χ1) is 12.0. The van der Waals surface area contributed by atoms with Crippen molar-refractivity contribution in [3.8, 4) is 11.5 Å². The fourth-order valence-electron chi connectivity index (χ4n) is 2.12. The van der Waals surface area contributed by atoms with Crippen molar-refractivity contribution in [2.24, 2.45) is 0 Å². The third-order valence-corrected chi connectivity index (χ3v) is 3.73. The summed E-state index contributed by atoms with van der Waals surface area (Å²) in [4.78, 5) is 10.6. The van der Waals surface area contributed by atoms with E-state index in [4.69, 9.17) is 14.0 Å². The largest absolute Gasteiger partial charge is 0.490 e. The van der Waals surface area contributed by atoms with Crippen molar-refractivity contribution in [2.75, 3.05) is 13.2 Å². The van der Waals surface area contributed by atoms with Crippen LogP contribution in [-0.2, 0) is 0 Å². The molecule has 0 N–H and O–H groups in total. The number of ether oxygens (including phenoxy) is 2. The van der Waals surface area contributed by atoms with Gasteiger partial charge in [0.15, 0.2) is 17.2 Å². The van der Waals surface area contributed by atoms with E-state index in [1.807, 2.05) is 13.0 Å². The Bertz CT molecular complexity index is 814. The van der Waals surface area contributed by atoms with Crippen LogP contribution >= 0.6 is 15.9 Å². The van der Waals surface area contributed by atoms with E-state index in [-0.39, 0.29) is 17.1 Å². The van der Waals surface area contributed by atoms with E-state index >= 15 is 0 Å². The van der Waals surface area contributed by atoms with E-state index in [1.54, 1.807) is 18.2 Å². The highest BCUT2D eigenvalue weighted by Gasteiger charge is 2.22. The zero-order chi connectivity index (χ0) is 18.4. The Balaban J connectivity index is 2.36. The molecule has 132 valence electrons. The molecule has 0 aliphatic heterocycles. The minimum absolute atomic E-state index is 0.0866. The first-order valence-corrected chi connectivity index (χ1v) is 8.26. The first-order valence-electron chi connectivity index (χ1n) is 7.46. The fraction of sp³-hybridized carbons (Fsp3) is 0.235. The molecule has 25 heavy (non-hydrogen) atoms. The summed E-state index contributed by atoms with van der Waals surface area (Å²) in [6.45, 7) is 7.83. The molecule has 1 aromatic heterocycles. The Morgan fingerprint density at radius 2 is 2.16 bits per heavy atom. The summed E-state index contributed by atoms with van der Waals surface area (Å²) >= 11 is 3.45. The van der Waals surface area contributed by atoms with Gasteiger partial charge in [0.25, 0.3) is 0 Å². The predicted molar refractivity (Wildman–Crippen MR) is 97.8 cm³/mol. The Morgan fingerprint density at radius 3 is 2.80 bits per heavy atom. The molecule has 0 saturated heterocycles. The number of aromatic nitrogens is 1. The van der Waals surface area contributed by atoms with Crippen LogP contribution in [0.15, 0.2) is 33.8 Å². The number of hydrogen-bond acceptors (Lipinski definition) is 6. The third kappa shape index (κ3) is 4.48. The van der Waals surface area contributed by atoms with Gasteiger partial charge in [-0.3, -0.25) is 10.1 Å². The van der Waals surface area contributed by atoms with Gasteiger partial charge in [-0.25, -0.2) is 0 Å². The number of nitro groups is 1. The molecule has 8 heteroatoms. The summed E-state index contributed by atoms with van der Waals surface area (Å²) in [5, 5.41) is 14.7. The van der Waals surface area contributed by atoms with Crippen molar-refractivity contribution in [3.05, 3.63) is 56.4 Å². The van der Waals surface area contributed by atoms with Crippen LogP contribution in [0.25, 0.3) is 12.2 Å². The third-order valence-electron chi connectivity index (χ3n) is 3.14. The van der Waals surface area contributed by atoms with Gasteiger partial charge in [-0.05, 0) is 53.5 Å². The maximum absolute atomic E-state index is 11.1. The first kappa shape index (κ1) is 18.7. The molecule has 0 unspecified atom stereocenters. The lowest BCUT2D eigenvalue weighted by Crippen LogP contribution is -2.00. The van der Waals surface area contributed by atoms with Crippen LogP contribution in [-0.4, -0.2) is 23.3 Å². The standard InChI is InChI=1S/C17H17BrN2O5/c1-4-8-24-17-13(18)9-12(10-15(17)23-5-2)6-7-14-16(20(21)22)11(3)19-25-14/h4,6-7,9-10H,1,5,8H2,2-3H3/b7-6-. The Labute approximate surface area is 153 Å². The molecule has 0 amide bonds. The van der Waals surface area contributed by atoms with Crippen molar-refractivity contribution in [2.45, 2.75) is 13.8 Å². The molecule has 1 aromatic carbocycles. The summed E-state index contributed by atoms with van der Waals surface area (Å²) in [6, 6.07) is 3.59. The van der Waals surface area contributed by atoms with Crippen LogP contribution in [0.2, 0.25) is 0 Å². The highest BCUT2D eigenvalue weighted by Crippen LogP contribution is 2.37. The van der Waals surface area contributed by atoms with Gasteiger partial charge in [0.1, 0.15) is 6.61 Å². The molecule has 0 aliphatic carbocycles. The lowest BCUT2D eigenvalue weighted by Gasteiger charge is -2.13. The summed E-state index contributed by atoms with van der Waals surface area (Å²) in [5.74, 6) is 1.21. The molecule has 0 fully saturated rings. The molecule has 0 atom stereocenters. The van der Waals surface area contributed by atoms with Crippen molar-refractivity contribution in [3.63, 3.8) is 0 Å². The van der Waals surface area contributed by atoms with E-state index in [2.05, 4.69) is 27.7 Å². The minimum atomic E-state index is -0.515. The molecule has 2 aromatic rings. The van der Waals surface area contributed by atoms with Gasteiger partial charge in [-0.2, -0.15) is 0 Å². The Hall–Kier alpha value is -2.61. The molecule has 0 spiro atoms. The zero-order valence-corrected chi connectivity index (χ0v) is 15.4. The van der Waals surface area contributed by atoms with Gasteiger partial charge in [0.05, 0.1) is 16.0 Å². The summed E-state index contributed by atoms with van der Waals surface area (Å²) < 4.78 is 16.9. The molecular weight excluding hydrogens is 392 g/mol. The molecule has 0 bridgehead atoms. The number of rotatable bonds is 8. The van der Waals surface area contributed by atoms with E-state index in [1.165, 1.54) is 13.0 Å². The average Bonchev–Trinajstić information content (AvgIpc) is 2.93. The van der Waals surface area contributed by atoms with E-state index in [9.17, 15) is 10.1 Å². The quantitative estimate of drug-likeness (QED) is 0.354. The highest BCUT2D eigenvalue weighted by molar-refractivity contribution is 9.10. The molecule has 0 saturated carbocycles. The summed E-state index contributed by atoms with van der Waals surface area (Å²) in [7, 11) is 0. The second-order valence-electron chi connectivity index (χ2n) is 4.93. The van der Waals surface area contributed by atoms with Gasteiger partial charge in [-0.1, -0.05) is 23.9 Å². The average molecular weight is 409 g/mol. The normalized spacial score (nSPS) is 10.8. The van der Waals surface area contributed by atoms with E-state index in [0.29, 0.717) is 29.2 Å². The second-order valence-corrected chi connectivity index (χ2v) is 5.79. The Morgan fingerprint density at radius 1 is 1.40 bits per heavy atom. The number of aryl methyl sites for hydroxylation is 1. The minimum Gasteiger partial charge on any atom is -0.490 e. The molecular formula is C17H17BrN2O5. The molecule has 1 heterocycles. The van der Waals surface area contributed by atoms with Gasteiger partial charge in [0.2, 0.25) is 5.76 Å². The molecule has 7 nitrogen and oxygen atoms in total. The zero-order valence-electron chi connectivity index (χ0n) is 13.8. The monoisotopic (exact) mass is 408 g/mol. The van der Waals surface area contributed by atoms with Crippen LogP contribution in [0.5, 0.6) is 11.5 Å². The van der Waals surface area contributed by atoms with E-state index < -0.39 is 4.92 Å². The van der Waals surface area contributed by atoms with Gasteiger partial charge < -0.3 is 14.0 Å². The van der Waals surface area contributed by atoms with Crippen molar-refractivity contribution in [1.29, 1.82) is 0 Å². The second kappa shape index (κ2) is 8.48. The SMILES string of the molecule is C=CCOc1c(Br)cc(/C=C\c2onc(C)c2[N+](=O)[O-])cc1OCC. The highest BCUT2D eigenvalue weighted by atomic mass is 79.9. The maximum atomic E-state index is 11.1. The van der Waals surface area contributed by atoms with Crippen LogP contribution in [0.4, 0.5) is 5.69 Å². The number of halogens is 1. The van der Waals surface area contributed by atoms with Crippen molar-refractivity contribution >= 4 is 33.8 Å². The number of nitrogens with zero attached hydrogens (tertiary/aromatic N) is 2. The number of hydrogen-bond donors (Lipinski definition) is 0. The van der Waals surface area contributed by atoms with Gasteiger partial charge in [0, 0.05) is 0 Å². The van der Waals surface area contributed by atoms with Crippen LogP contribution < -0.4 is 9.47 Å². The molecule has 0 aliphatic rings. The summed E-state index contributed by atoms with van der Waals surface area (Å²) in [5.41, 5.74) is 0.838. The van der Waals surface area contributed by atoms with Crippen LogP contribution in [0.3, 0.4) is 0 Å². The van der Waals surface area contributed by atoms with E-state index in [0.717, 1.165) is 5.56 Å². The van der Waals surface area contributed by atoms with Crippen molar-refractivity contribution < 1.29 is 18.9 Å². The maximum Gasteiger partial charge on any atom is 0.338 e. The topological polar surface area (TPSA) is 87.6 Å². The van der Waals surface area contributed by atoms with Gasteiger partial charge >= 0.3 is 5.69 Å². The van der Waals surface area contributed by atoms with Crippen molar-refractivity contribution in [1.82, 2.24) is 5.16 Å².